The van der Waals surface area contributed by atoms with Crippen LogP contribution in [0.1, 0.15) is 44.2 Å². The van der Waals surface area contributed by atoms with Gasteiger partial charge in [0.1, 0.15) is 0 Å². The molecule has 0 aliphatic heterocycles. The van der Waals surface area contributed by atoms with E-state index in [9.17, 15) is 0 Å². The molecular formula is C12H19NO. The summed E-state index contributed by atoms with van der Waals surface area (Å²) in [6, 6.07) is 2.17. The molecule has 14 heavy (non-hydrogen) atoms. The van der Waals surface area contributed by atoms with Crippen LogP contribution in [-0.2, 0) is 0 Å². The standard InChI is InChI=1S/C12H19NO/c1-9-2-4-10(5-3-9)12(13)11-6-7-14-8-11/h6-10,12H,2-5,13H2,1H3. The minimum Gasteiger partial charge on any atom is -0.472 e. The second kappa shape index (κ2) is 4.18. The Morgan fingerprint density at radius 2 is 2.07 bits per heavy atom. The summed E-state index contributed by atoms with van der Waals surface area (Å²) in [5.41, 5.74) is 7.36. The van der Waals surface area contributed by atoms with Gasteiger partial charge in [-0.2, -0.15) is 0 Å². The maximum Gasteiger partial charge on any atom is 0.0950 e. The van der Waals surface area contributed by atoms with Gasteiger partial charge in [-0.15, -0.1) is 0 Å². The van der Waals surface area contributed by atoms with Crippen molar-refractivity contribution in [3.05, 3.63) is 24.2 Å². The molecule has 0 amide bonds. The van der Waals surface area contributed by atoms with E-state index >= 15 is 0 Å². The maximum absolute atomic E-state index is 6.20. The summed E-state index contributed by atoms with van der Waals surface area (Å²) < 4.78 is 5.07. The Morgan fingerprint density at radius 3 is 2.64 bits per heavy atom. The fraction of sp³-hybridized carbons (Fsp3) is 0.667. The third kappa shape index (κ3) is 2.01. The highest BCUT2D eigenvalue weighted by atomic mass is 16.3. The fourth-order valence-corrected chi connectivity index (χ4v) is 2.38. The fourth-order valence-electron chi connectivity index (χ4n) is 2.38. The molecule has 1 heterocycles. The topological polar surface area (TPSA) is 39.2 Å². The first-order chi connectivity index (χ1) is 6.77. The van der Waals surface area contributed by atoms with Crippen LogP contribution in [-0.4, -0.2) is 0 Å². The first-order valence-corrected chi connectivity index (χ1v) is 5.55. The van der Waals surface area contributed by atoms with E-state index in [1.165, 1.54) is 25.7 Å². The second-order valence-electron chi connectivity index (χ2n) is 4.60. The van der Waals surface area contributed by atoms with Crippen molar-refractivity contribution in [3.63, 3.8) is 0 Å². The Morgan fingerprint density at radius 1 is 1.36 bits per heavy atom. The van der Waals surface area contributed by atoms with Crippen LogP contribution in [0.15, 0.2) is 23.0 Å². The number of rotatable bonds is 2. The third-order valence-electron chi connectivity index (χ3n) is 3.50. The largest absolute Gasteiger partial charge is 0.472 e. The predicted molar refractivity (Wildman–Crippen MR) is 56.8 cm³/mol. The lowest BCUT2D eigenvalue weighted by molar-refractivity contribution is 0.255. The average molecular weight is 193 g/mol. The van der Waals surface area contributed by atoms with Crippen molar-refractivity contribution in [2.24, 2.45) is 17.6 Å². The van der Waals surface area contributed by atoms with Crippen molar-refractivity contribution < 1.29 is 4.42 Å². The minimum absolute atomic E-state index is 0.182. The predicted octanol–water partition coefficient (Wildman–Crippen LogP) is 3.11. The van der Waals surface area contributed by atoms with Gasteiger partial charge in [0, 0.05) is 11.6 Å². The zero-order chi connectivity index (χ0) is 9.97. The van der Waals surface area contributed by atoms with Crippen LogP contribution in [0, 0.1) is 11.8 Å². The van der Waals surface area contributed by atoms with Crippen LogP contribution in [0.25, 0.3) is 0 Å². The molecule has 0 bridgehead atoms. The van der Waals surface area contributed by atoms with Crippen LogP contribution >= 0.6 is 0 Å². The van der Waals surface area contributed by atoms with Gasteiger partial charge in [0.2, 0.25) is 0 Å². The van der Waals surface area contributed by atoms with E-state index in [2.05, 4.69) is 6.92 Å². The van der Waals surface area contributed by atoms with E-state index in [0.717, 1.165) is 11.5 Å². The van der Waals surface area contributed by atoms with Gasteiger partial charge in [0.25, 0.3) is 0 Å². The summed E-state index contributed by atoms with van der Waals surface area (Å²) in [7, 11) is 0. The molecule has 1 aliphatic rings. The first-order valence-electron chi connectivity index (χ1n) is 5.55. The summed E-state index contributed by atoms with van der Waals surface area (Å²) in [4.78, 5) is 0. The Balaban J connectivity index is 1.95. The Hall–Kier alpha value is -0.760. The highest BCUT2D eigenvalue weighted by Gasteiger charge is 2.24. The number of hydrogen-bond donors (Lipinski definition) is 1. The van der Waals surface area contributed by atoms with E-state index in [0.29, 0.717) is 5.92 Å². The molecule has 2 nitrogen and oxygen atoms in total. The molecule has 78 valence electrons. The first kappa shape index (κ1) is 9.78. The zero-order valence-electron chi connectivity index (χ0n) is 8.78. The minimum atomic E-state index is 0.182. The van der Waals surface area contributed by atoms with Crippen LogP contribution < -0.4 is 5.73 Å². The molecule has 0 aromatic carbocycles. The van der Waals surface area contributed by atoms with Gasteiger partial charge in [-0.05, 0) is 30.7 Å². The van der Waals surface area contributed by atoms with Crippen molar-refractivity contribution in [2.45, 2.75) is 38.6 Å². The van der Waals surface area contributed by atoms with Gasteiger partial charge < -0.3 is 10.2 Å². The van der Waals surface area contributed by atoms with Gasteiger partial charge >= 0.3 is 0 Å². The lowest BCUT2D eigenvalue weighted by Gasteiger charge is -2.30. The molecule has 1 atom stereocenters. The molecule has 2 heteroatoms. The Bertz CT molecular complexity index is 260. The Kier molecular flexibility index (Phi) is 2.92. The normalized spacial score (nSPS) is 30.1. The van der Waals surface area contributed by atoms with E-state index in [1.807, 2.05) is 6.07 Å². The quantitative estimate of drug-likeness (QED) is 0.783. The van der Waals surface area contributed by atoms with Crippen molar-refractivity contribution in [2.75, 3.05) is 0 Å². The molecule has 1 saturated carbocycles. The molecule has 0 radical (unpaired) electrons. The molecule has 1 unspecified atom stereocenters. The average Bonchev–Trinajstić information content (AvgIpc) is 2.71. The maximum atomic E-state index is 6.20. The monoisotopic (exact) mass is 193 g/mol. The zero-order valence-corrected chi connectivity index (χ0v) is 8.78. The van der Waals surface area contributed by atoms with Gasteiger partial charge in [-0.1, -0.05) is 19.8 Å². The van der Waals surface area contributed by atoms with Crippen molar-refractivity contribution in [1.82, 2.24) is 0 Å². The molecule has 2 rings (SSSR count). The van der Waals surface area contributed by atoms with Crippen LogP contribution in [0.5, 0.6) is 0 Å². The molecule has 1 aromatic heterocycles. The lowest BCUT2D eigenvalue weighted by atomic mass is 9.78. The summed E-state index contributed by atoms with van der Waals surface area (Å²) in [6.07, 6.45) is 8.69. The van der Waals surface area contributed by atoms with E-state index in [4.69, 9.17) is 10.2 Å². The molecule has 0 spiro atoms. The molecule has 0 saturated heterocycles. The number of furan rings is 1. The summed E-state index contributed by atoms with van der Waals surface area (Å²) in [5.74, 6) is 1.55. The molecule has 1 aromatic rings. The van der Waals surface area contributed by atoms with E-state index in [1.54, 1.807) is 12.5 Å². The number of hydrogen-bond acceptors (Lipinski definition) is 2. The van der Waals surface area contributed by atoms with Gasteiger partial charge in [0.05, 0.1) is 12.5 Å². The molecule has 1 fully saturated rings. The second-order valence-corrected chi connectivity index (χ2v) is 4.60. The summed E-state index contributed by atoms with van der Waals surface area (Å²) in [6.45, 7) is 2.33. The third-order valence-corrected chi connectivity index (χ3v) is 3.50. The van der Waals surface area contributed by atoms with Crippen molar-refractivity contribution in [3.8, 4) is 0 Å². The van der Waals surface area contributed by atoms with Crippen molar-refractivity contribution in [1.29, 1.82) is 0 Å². The summed E-state index contributed by atoms with van der Waals surface area (Å²) >= 11 is 0. The highest BCUT2D eigenvalue weighted by molar-refractivity contribution is 5.12. The van der Waals surface area contributed by atoms with E-state index < -0.39 is 0 Å². The SMILES string of the molecule is CC1CCC(C(N)c2ccoc2)CC1. The molecular weight excluding hydrogens is 174 g/mol. The van der Waals surface area contributed by atoms with Gasteiger partial charge in [-0.25, -0.2) is 0 Å². The van der Waals surface area contributed by atoms with E-state index in [-0.39, 0.29) is 6.04 Å². The molecule has 2 N–H and O–H groups in total. The van der Waals surface area contributed by atoms with Crippen LogP contribution in [0.4, 0.5) is 0 Å². The van der Waals surface area contributed by atoms with Crippen LogP contribution in [0.3, 0.4) is 0 Å². The van der Waals surface area contributed by atoms with Crippen LogP contribution in [0.2, 0.25) is 0 Å². The van der Waals surface area contributed by atoms with Gasteiger partial charge in [-0.3, -0.25) is 0 Å². The number of nitrogens with two attached hydrogens (primary N) is 1. The summed E-state index contributed by atoms with van der Waals surface area (Å²) in [5, 5.41) is 0. The molecule has 1 aliphatic carbocycles. The highest BCUT2D eigenvalue weighted by Crippen LogP contribution is 2.35. The Labute approximate surface area is 85.5 Å². The lowest BCUT2D eigenvalue weighted by Crippen LogP contribution is -2.25. The van der Waals surface area contributed by atoms with Gasteiger partial charge in [0.15, 0.2) is 0 Å². The smallest absolute Gasteiger partial charge is 0.0950 e. The van der Waals surface area contributed by atoms with Crippen molar-refractivity contribution >= 4 is 0 Å².